The minimum absolute atomic E-state index is 0. The molecule has 76 valence electrons. The van der Waals surface area contributed by atoms with Gasteiger partial charge in [-0.05, 0) is 10.8 Å². The lowest BCUT2D eigenvalue weighted by atomic mass is 10.6. The zero-order chi connectivity index (χ0) is 9.12. The first-order chi connectivity index (χ1) is 4.71. The summed E-state index contributed by atoms with van der Waals surface area (Å²) in [5.41, 5.74) is 0. The smallest absolute Gasteiger partial charge is 0.198 e. The van der Waals surface area contributed by atoms with Crippen LogP contribution in [0, 0.1) is 0 Å². The molecule has 0 saturated heterocycles. The van der Waals surface area contributed by atoms with Gasteiger partial charge in [0.05, 0.1) is 33.4 Å². The van der Waals surface area contributed by atoms with Gasteiger partial charge in [-0.15, -0.1) is 0 Å². The first kappa shape index (κ1) is 15.2. The Morgan fingerprint density at radius 3 is 1.92 bits per heavy atom. The summed E-state index contributed by atoms with van der Waals surface area (Å²) in [5, 5.41) is 0. The first-order valence-electron chi connectivity index (χ1n) is 3.35. The monoisotopic (exact) mass is 277 g/mol. The molecule has 0 bridgehead atoms. The minimum atomic E-state index is -2.84. The molecule has 0 saturated carbocycles. The molecular weight excluding hydrogens is 262 g/mol. The maximum Gasteiger partial charge on any atom is 0.198 e. The fourth-order valence-corrected chi connectivity index (χ4v) is 2.52. The molecular formula is C6H16BrNO2S2. The van der Waals surface area contributed by atoms with E-state index in [2.05, 4.69) is 0 Å². The highest BCUT2D eigenvalue weighted by Gasteiger charge is 2.09. The Morgan fingerprint density at radius 2 is 1.67 bits per heavy atom. The third-order valence-corrected chi connectivity index (χ3v) is 3.62. The topological polar surface area (TPSA) is 34.1 Å². The maximum atomic E-state index is 10.7. The standard InChI is InChI=1S/C6H16NO2S2.BrH/c1-7(2,3)5-6-10-11(4,8)9;/h5-6H2,1-4H3;1H/q+1;/p-1. The van der Waals surface area contributed by atoms with Crippen LogP contribution in [0.2, 0.25) is 0 Å². The predicted octanol–water partition coefficient (Wildman–Crippen LogP) is -2.61. The van der Waals surface area contributed by atoms with Crippen LogP contribution in [0.5, 0.6) is 0 Å². The number of nitrogens with zero attached hydrogens (tertiary/aromatic N) is 1. The Labute approximate surface area is 89.2 Å². The molecule has 0 atom stereocenters. The Hall–Kier alpha value is 0.740. The molecule has 0 aliphatic rings. The molecule has 0 aliphatic carbocycles. The van der Waals surface area contributed by atoms with Gasteiger partial charge in [0.15, 0.2) is 8.87 Å². The van der Waals surface area contributed by atoms with Crippen molar-refractivity contribution in [1.82, 2.24) is 0 Å². The van der Waals surface area contributed by atoms with Crippen LogP contribution in [0.3, 0.4) is 0 Å². The summed E-state index contributed by atoms with van der Waals surface area (Å²) in [4.78, 5) is 0. The number of hydrogen-bond donors (Lipinski definition) is 0. The third kappa shape index (κ3) is 13.3. The van der Waals surface area contributed by atoms with Crippen molar-refractivity contribution in [3.05, 3.63) is 0 Å². The fraction of sp³-hybridized carbons (Fsp3) is 1.00. The largest absolute Gasteiger partial charge is 1.00 e. The molecule has 0 aliphatic heterocycles. The van der Waals surface area contributed by atoms with E-state index in [9.17, 15) is 8.42 Å². The Morgan fingerprint density at radius 1 is 1.25 bits per heavy atom. The van der Waals surface area contributed by atoms with Crippen molar-refractivity contribution in [3.8, 4) is 0 Å². The molecule has 0 radical (unpaired) electrons. The Balaban J connectivity index is 0. The van der Waals surface area contributed by atoms with Gasteiger partial charge in [0, 0.05) is 6.26 Å². The number of quaternary nitrogens is 1. The summed E-state index contributed by atoms with van der Waals surface area (Å²) < 4.78 is 22.2. The summed E-state index contributed by atoms with van der Waals surface area (Å²) in [5.74, 6) is 0.669. The van der Waals surface area contributed by atoms with Crippen LogP contribution in [-0.4, -0.2) is 52.6 Å². The van der Waals surface area contributed by atoms with Crippen LogP contribution in [0.4, 0.5) is 0 Å². The quantitative estimate of drug-likeness (QED) is 0.417. The molecule has 0 rings (SSSR count). The molecule has 0 aromatic heterocycles. The lowest BCUT2D eigenvalue weighted by Crippen LogP contribution is -3.00. The highest BCUT2D eigenvalue weighted by atomic mass is 79.9. The normalized spacial score (nSPS) is 12.3. The lowest BCUT2D eigenvalue weighted by Gasteiger charge is -2.22. The van der Waals surface area contributed by atoms with Crippen molar-refractivity contribution in [3.63, 3.8) is 0 Å². The second kappa shape index (κ2) is 5.47. The average molecular weight is 278 g/mol. The minimum Gasteiger partial charge on any atom is -1.00 e. The van der Waals surface area contributed by atoms with Crippen LogP contribution in [0.15, 0.2) is 0 Å². The second-order valence-corrected chi connectivity index (χ2v) is 8.12. The van der Waals surface area contributed by atoms with Crippen molar-refractivity contribution in [1.29, 1.82) is 0 Å². The van der Waals surface area contributed by atoms with Crippen molar-refractivity contribution >= 4 is 19.7 Å². The number of rotatable bonds is 4. The van der Waals surface area contributed by atoms with E-state index >= 15 is 0 Å². The maximum absolute atomic E-state index is 10.7. The SMILES string of the molecule is C[N+](C)(C)CCSS(C)(=O)=O.[Br-]. The van der Waals surface area contributed by atoms with Crippen LogP contribution >= 0.6 is 10.8 Å². The molecule has 3 nitrogen and oxygen atoms in total. The van der Waals surface area contributed by atoms with E-state index in [4.69, 9.17) is 0 Å². The van der Waals surface area contributed by atoms with Crippen LogP contribution in [0.1, 0.15) is 0 Å². The molecule has 0 unspecified atom stereocenters. The molecule has 0 N–H and O–H groups in total. The van der Waals surface area contributed by atoms with Gasteiger partial charge < -0.3 is 21.5 Å². The highest BCUT2D eigenvalue weighted by Crippen LogP contribution is 2.09. The zero-order valence-corrected chi connectivity index (χ0v) is 11.1. The Kier molecular flexibility index (Phi) is 6.93. The first-order valence-corrected chi connectivity index (χ1v) is 6.75. The number of hydrogen-bond acceptors (Lipinski definition) is 3. The fourth-order valence-electron chi connectivity index (χ4n) is 0.463. The van der Waals surface area contributed by atoms with Crippen LogP contribution in [-0.2, 0) is 8.87 Å². The van der Waals surface area contributed by atoms with Crippen LogP contribution < -0.4 is 17.0 Å². The number of halogens is 1. The molecule has 0 spiro atoms. The van der Waals surface area contributed by atoms with E-state index in [1.165, 1.54) is 6.26 Å². The van der Waals surface area contributed by atoms with E-state index in [-0.39, 0.29) is 17.0 Å². The van der Waals surface area contributed by atoms with E-state index < -0.39 is 8.87 Å². The van der Waals surface area contributed by atoms with Crippen molar-refractivity contribution < 1.29 is 29.9 Å². The molecule has 12 heavy (non-hydrogen) atoms. The van der Waals surface area contributed by atoms with Gasteiger partial charge >= 0.3 is 0 Å². The van der Waals surface area contributed by atoms with Gasteiger partial charge in [0.25, 0.3) is 0 Å². The van der Waals surface area contributed by atoms with Gasteiger partial charge in [-0.25, -0.2) is 8.42 Å². The van der Waals surface area contributed by atoms with E-state index in [0.29, 0.717) is 5.75 Å². The van der Waals surface area contributed by atoms with E-state index in [1.54, 1.807) is 0 Å². The summed E-state index contributed by atoms with van der Waals surface area (Å²) in [6.45, 7) is 0.873. The Bertz CT molecular complexity index is 208. The van der Waals surface area contributed by atoms with E-state index in [1.807, 2.05) is 21.1 Å². The predicted molar refractivity (Wildman–Crippen MR) is 50.2 cm³/mol. The molecule has 0 aromatic rings. The summed E-state index contributed by atoms with van der Waals surface area (Å²) in [7, 11) is 4.31. The highest BCUT2D eigenvalue weighted by molar-refractivity contribution is 8.71. The molecule has 0 heterocycles. The van der Waals surface area contributed by atoms with E-state index in [0.717, 1.165) is 21.8 Å². The summed E-state index contributed by atoms with van der Waals surface area (Å²) in [6, 6.07) is 0. The second-order valence-electron chi connectivity index (χ2n) is 3.54. The van der Waals surface area contributed by atoms with Crippen LogP contribution in [0.25, 0.3) is 0 Å². The van der Waals surface area contributed by atoms with Gasteiger partial charge in [-0.1, -0.05) is 0 Å². The molecule has 0 amide bonds. The lowest BCUT2D eigenvalue weighted by molar-refractivity contribution is -0.867. The van der Waals surface area contributed by atoms with Crippen molar-refractivity contribution in [2.75, 3.05) is 39.7 Å². The molecule has 0 aromatic carbocycles. The van der Waals surface area contributed by atoms with Crippen molar-refractivity contribution in [2.45, 2.75) is 0 Å². The van der Waals surface area contributed by atoms with Gasteiger partial charge in [-0.2, -0.15) is 0 Å². The van der Waals surface area contributed by atoms with Gasteiger partial charge in [0.2, 0.25) is 0 Å². The van der Waals surface area contributed by atoms with Crippen molar-refractivity contribution in [2.24, 2.45) is 0 Å². The third-order valence-electron chi connectivity index (χ3n) is 1.06. The van der Waals surface area contributed by atoms with Gasteiger partial charge in [0.1, 0.15) is 0 Å². The summed E-state index contributed by atoms with van der Waals surface area (Å²) >= 11 is 0. The zero-order valence-electron chi connectivity index (χ0n) is 7.87. The summed E-state index contributed by atoms with van der Waals surface area (Å²) in [6.07, 6.45) is 1.24. The van der Waals surface area contributed by atoms with Gasteiger partial charge in [-0.3, -0.25) is 0 Å². The molecule has 0 fully saturated rings. The average Bonchev–Trinajstić information content (AvgIpc) is 1.55. The molecule has 6 heteroatoms.